The van der Waals surface area contributed by atoms with Gasteiger partial charge in [0.1, 0.15) is 6.61 Å². The maximum atomic E-state index is 12.5. The molecule has 150 valence electrons. The van der Waals surface area contributed by atoms with Crippen molar-refractivity contribution in [3.05, 3.63) is 23.8 Å². The van der Waals surface area contributed by atoms with E-state index in [9.17, 15) is 9.59 Å². The molecule has 0 radical (unpaired) electrons. The van der Waals surface area contributed by atoms with Gasteiger partial charge in [-0.05, 0) is 42.5 Å². The van der Waals surface area contributed by atoms with Gasteiger partial charge in [0.25, 0.3) is 0 Å². The highest BCUT2D eigenvalue weighted by molar-refractivity contribution is 5.93. The van der Waals surface area contributed by atoms with Crippen molar-refractivity contribution in [3.8, 4) is 0 Å². The number of carbonyl (C=O) groups is 2. The molecule has 2 amide bonds. The number of nitrogens with zero attached hydrogens (tertiary/aromatic N) is 2. The van der Waals surface area contributed by atoms with E-state index in [2.05, 4.69) is 19.2 Å². The third kappa shape index (κ3) is 5.96. The highest BCUT2D eigenvalue weighted by atomic mass is 16.5. The number of amides is 2. The van der Waals surface area contributed by atoms with Gasteiger partial charge in [-0.25, -0.2) is 0 Å². The highest BCUT2D eigenvalue weighted by Gasteiger charge is 2.25. The summed E-state index contributed by atoms with van der Waals surface area (Å²) in [4.78, 5) is 28.6. The third-order valence-electron chi connectivity index (χ3n) is 4.87. The fourth-order valence-electron chi connectivity index (χ4n) is 3.26. The smallest absolute Gasteiger partial charge is 0.248 e. The van der Waals surface area contributed by atoms with Gasteiger partial charge in [0.15, 0.2) is 0 Å². The number of ether oxygens (including phenoxy) is 1. The zero-order valence-corrected chi connectivity index (χ0v) is 17.2. The Morgan fingerprint density at radius 1 is 1.26 bits per heavy atom. The summed E-state index contributed by atoms with van der Waals surface area (Å²) in [5.74, 6) is 0.567. The number of anilines is 2. The van der Waals surface area contributed by atoms with E-state index in [0.29, 0.717) is 19.0 Å². The number of hydrogen-bond donors (Lipinski definition) is 1. The zero-order valence-electron chi connectivity index (χ0n) is 17.2. The van der Waals surface area contributed by atoms with Crippen molar-refractivity contribution < 1.29 is 14.3 Å². The molecule has 1 fully saturated rings. The normalized spacial score (nSPS) is 14.0. The molecule has 6 heteroatoms. The lowest BCUT2D eigenvalue weighted by Crippen LogP contribution is -2.36. The standard InChI is InChI=1S/C21H33N3O3/c1-15(2)12-24(20(25)14-27-5)13-17-11-18(9-10-19(17)23(3)4)22-21(26)16-7-6-8-16/h9-11,15-16H,6-8,12-14H2,1-5H3,(H,22,26). The average Bonchev–Trinajstić information content (AvgIpc) is 2.52. The quantitative estimate of drug-likeness (QED) is 0.720. The Labute approximate surface area is 162 Å². The first-order chi connectivity index (χ1) is 12.8. The van der Waals surface area contributed by atoms with E-state index in [4.69, 9.17) is 4.74 Å². The van der Waals surface area contributed by atoms with E-state index in [1.54, 1.807) is 0 Å². The molecule has 2 rings (SSSR count). The molecule has 1 aromatic rings. The molecule has 6 nitrogen and oxygen atoms in total. The van der Waals surface area contributed by atoms with Crippen LogP contribution in [0, 0.1) is 11.8 Å². The lowest BCUT2D eigenvalue weighted by atomic mass is 9.85. The number of hydrogen-bond acceptors (Lipinski definition) is 4. The maximum Gasteiger partial charge on any atom is 0.248 e. The first-order valence-electron chi connectivity index (χ1n) is 9.69. The van der Waals surface area contributed by atoms with Crippen LogP contribution in [-0.2, 0) is 20.9 Å². The monoisotopic (exact) mass is 375 g/mol. The van der Waals surface area contributed by atoms with Crippen molar-refractivity contribution in [3.63, 3.8) is 0 Å². The fourth-order valence-corrected chi connectivity index (χ4v) is 3.26. The van der Waals surface area contributed by atoms with E-state index < -0.39 is 0 Å². The van der Waals surface area contributed by atoms with Crippen molar-refractivity contribution in [1.29, 1.82) is 0 Å². The number of methoxy groups -OCH3 is 1. The summed E-state index contributed by atoms with van der Waals surface area (Å²) in [7, 11) is 5.50. The van der Waals surface area contributed by atoms with Crippen molar-refractivity contribution in [1.82, 2.24) is 4.90 Å². The van der Waals surface area contributed by atoms with Gasteiger partial charge in [0, 0.05) is 51.6 Å². The van der Waals surface area contributed by atoms with Gasteiger partial charge in [-0.2, -0.15) is 0 Å². The van der Waals surface area contributed by atoms with Crippen LogP contribution in [-0.4, -0.2) is 51.1 Å². The third-order valence-corrected chi connectivity index (χ3v) is 4.87. The van der Waals surface area contributed by atoms with E-state index in [0.717, 1.165) is 36.2 Å². The summed E-state index contributed by atoms with van der Waals surface area (Å²) in [6, 6.07) is 5.92. The van der Waals surface area contributed by atoms with Crippen LogP contribution in [0.1, 0.15) is 38.7 Å². The molecule has 27 heavy (non-hydrogen) atoms. The van der Waals surface area contributed by atoms with Crippen molar-refractivity contribution in [2.24, 2.45) is 11.8 Å². The Balaban J connectivity index is 2.22. The highest BCUT2D eigenvalue weighted by Crippen LogP contribution is 2.29. The summed E-state index contributed by atoms with van der Waals surface area (Å²) in [5.41, 5.74) is 2.84. The van der Waals surface area contributed by atoms with Crippen LogP contribution < -0.4 is 10.2 Å². The van der Waals surface area contributed by atoms with Crippen LogP contribution in [0.2, 0.25) is 0 Å². The summed E-state index contributed by atoms with van der Waals surface area (Å²) in [5, 5.41) is 3.03. The number of benzene rings is 1. The maximum absolute atomic E-state index is 12.5. The van der Waals surface area contributed by atoms with Gasteiger partial charge in [0.2, 0.25) is 11.8 Å². The minimum absolute atomic E-state index is 0.0280. The predicted molar refractivity (Wildman–Crippen MR) is 109 cm³/mol. The Bertz CT molecular complexity index is 654. The molecule has 0 spiro atoms. The summed E-state index contributed by atoms with van der Waals surface area (Å²) in [6.07, 6.45) is 3.08. The SMILES string of the molecule is COCC(=O)N(Cc1cc(NC(=O)C2CCC2)ccc1N(C)C)CC(C)C. The van der Waals surface area contributed by atoms with Gasteiger partial charge >= 0.3 is 0 Å². The van der Waals surface area contributed by atoms with Crippen LogP contribution in [0.4, 0.5) is 11.4 Å². The second kappa shape index (κ2) is 9.74. The molecular formula is C21H33N3O3. The molecular weight excluding hydrogens is 342 g/mol. The lowest BCUT2D eigenvalue weighted by molar-refractivity contribution is -0.136. The summed E-state index contributed by atoms with van der Waals surface area (Å²) >= 11 is 0. The molecule has 1 aliphatic rings. The molecule has 1 aromatic carbocycles. The minimum Gasteiger partial charge on any atom is -0.377 e. The first-order valence-corrected chi connectivity index (χ1v) is 9.69. The summed E-state index contributed by atoms with van der Waals surface area (Å²) < 4.78 is 5.04. The van der Waals surface area contributed by atoms with Gasteiger partial charge in [-0.3, -0.25) is 9.59 Å². The van der Waals surface area contributed by atoms with Crippen LogP contribution in [0.25, 0.3) is 0 Å². The molecule has 1 saturated carbocycles. The predicted octanol–water partition coefficient (Wildman–Crippen LogP) is 3.12. The van der Waals surface area contributed by atoms with E-state index in [1.165, 1.54) is 7.11 Å². The van der Waals surface area contributed by atoms with Crippen molar-refractivity contribution >= 4 is 23.2 Å². The van der Waals surface area contributed by atoms with Crippen LogP contribution in [0.5, 0.6) is 0 Å². The van der Waals surface area contributed by atoms with Crippen LogP contribution in [0.15, 0.2) is 18.2 Å². The molecule has 0 atom stereocenters. The number of carbonyl (C=O) groups excluding carboxylic acids is 2. The van der Waals surface area contributed by atoms with Gasteiger partial charge < -0.3 is 19.9 Å². The molecule has 0 bridgehead atoms. The second-order valence-corrected chi connectivity index (χ2v) is 7.96. The van der Waals surface area contributed by atoms with E-state index in [-0.39, 0.29) is 24.3 Å². The van der Waals surface area contributed by atoms with Crippen molar-refractivity contribution in [2.45, 2.75) is 39.7 Å². The Kier molecular flexibility index (Phi) is 7.66. The summed E-state index contributed by atoms with van der Waals surface area (Å²) in [6.45, 7) is 5.40. The van der Waals surface area contributed by atoms with Gasteiger partial charge in [-0.15, -0.1) is 0 Å². The Morgan fingerprint density at radius 3 is 2.48 bits per heavy atom. The average molecular weight is 376 g/mol. The number of nitrogens with one attached hydrogen (secondary N) is 1. The van der Waals surface area contributed by atoms with Crippen LogP contribution in [0.3, 0.4) is 0 Å². The molecule has 0 heterocycles. The second-order valence-electron chi connectivity index (χ2n) is 7.96. The Hall–Kier alpha value is -2.08. The molecule has 0 saturated heterocycles. The van der Waals surface area contributed by atoms with Gasteiger partial charge in [-0.1, -0.05) is 20.3 Å². The molecule has 0 unspecified atom stereocenters. The van der Waals surface area contributed by atoms with E-state index >= 15 is 0 Å². The minimum atomic E-state index is -0.0280. The molecule has 0 aromatic heterocycles. The Morgan fingerprint density at radius 2 is 1.96 bits per heavy atom. The van der Waals surface area contributed by atoms with Crippen molar-refractivity contribution in [2.75, 3.05) is 44.6 Å². The van der Waals surface area contributed by atoms with Crippen LogP contribution >= 0.6 is 0 Å². The lowest BCUT2D eigenvalue weighted by Gasteiger charge is -2.28. The molecule has 0 aliphatic heterocycles. The topological polar surface area (TPSA) is 61.9 Å². The van der Waals surface area contributed by atoms with Gasteiger partial charge in [0.05, 0.1) is 0 Å². The largest absolute Gasteiger partial charge is 0.377 e. The molecule has 1 N–H and O–H groups in total. The fraction of sp³-hybridized carbons (Fsp3) is 0.619. The molecule has 1 aliphatic carbocycles. The first kappa shape index (κ1) is 21.2. The van der Waals surface area contributed by atoms with E-state index in [1.807, 2.05) is 42.1 Å². The zero-order chi connectivity index (χ0) is 20.0. The number of rotatable bonds is 9.